The zero-order chi connectivity index (χ0) is 27.3. The van der Waals surface area contributed by atoms with Crippen LogP contribution in [0.4, 0.5) is 13.2 Å². The Kier molecular flexibility index (Phi) is 7.66. The second-order valence-corrected chi connectivity index (χ2v) is 8.42. The first-order valence-electron chi connectivity index (χ1n) is 11.5. The van der Waals surface area contributed by atoms with E-state index in [9.17, 15) is 33.0 Å². The summed E-state index contributed by atoms with van der Waals surface area (Å²) in [6.07, 6.45) is -5.21. The van der Waals surface area contributed by atoms with E-state index in [-0.39, 0.29) is 11.3 Å². The molecule has 38 heavy (non-hydrogen) atoms. The molecule has 9 heteroatoms. The first kappa shape index (κ1) is 26.3. The van der Waals surface area contributed by atoms with Crippen LogP contribution in [0.1, 0.15) is 28.4 Å². The molecule has 4 aromatic carbocycles. The molecule has 0 aliphatic carbocycles. The van der Waals surface area contributed by atoms with Crippen LogP contribution in [0.5, 0.6) is 11.5 Å². The van der Waals surface area contributed by atoms with E-state index < -0.39 is 36.5 Å². The number of hydrogen-bond acceptors (Lipinski definition) is 4. The number of rotatable bonds is 8. The molecule has 194 valence electrons. The molecule has 0 heterocycles. The molecule has 0 aromatic heterocycles. The van der Waals surface area contributed by atoms with Crippen molar-refractivity contribution in [1.82, 2.24) is 5.32 Å². The molecule has 4 rings (SSSR count). The number of ether oxygens (including phenoxy) is 1. The molecule has 0 radical (unpaired) electrons. The second-order valence-electron chi connectivity index (χ2n) is 8.42. The number of carboxylic acids is 1. The Hall–Kier alpha value is -4.79. The molecule has 4 aromatic rings. The van der Waals surface area contributed by atoms with Gasteiger partial charge in [0.15, 0.2) is 0 Å². The van der Waals surface area contributed by atoms with E-state index in [1.807, 2.05) is 42.5 Å². The van der Waals surface area contributed by atoms with Gasteiger partial charge in [-0.2, -0.15) is 0 Å². The van der Waals surface area contributed by atoms with Crippen LogP contribution in [0.15, 0.2) is 97.1 Å². The number of aliphatic carboxylic acids is 1. The summed E-state index contributed by atoms with van der Waals surface area (Å²) in [7, 11) is 0. The number of nitrogens with one attached hydrogen (secondary N) is 1. The Morgan fingerprint density at radius 2 is 1.34 bits per heavy atom. The Balaban J connectivity index is 1.55. The van der Waals surface area contributed by atoms with Crippen LogP contribution in [0.25, 0.3) is 22.3 Å². The van der Waals surface area contributed by atoms with E-state index in [0.717, 1.165) is 23.3 Å². The van der Waals surface area contributed by atoms with E-state index in [4.69, 9.17) is 0 Å². The monoisotopic (exact) mass is 521 g/mol. The fourth-order valence-electron chi connectivity index (χ4n) is 3.95. The number of aromatic hydroxyl groups is 1. The quantitative estimate of drug-likeness (QED) is 0.244. The number of carbonyl (C=O) groups is 2. The van der Waals surface area contributed by atoms with Crippen molar-refractivity contribution in [2.24, 2.45) is 0 Å². The van der Waals surface area contributed by atoms with Crippen LogP contribution in [0.2, 0.25) is 0 Å². The Morgan fingerprint density at radius 1 is 0.789 bits per heavy atom. The highest BCUT2D eigenvalue weighted by molar-refractivity contribution is 5.98. The van der Waals surface area contributed by atoms with Gasteiger partial charge in [-0.05, 0) is 52.1 Å². The van der Waals surface area contributed by atoms with Gasteiger partial charge in [-0.1, -0.05) is 72.8 Å². The van der Waals surface area contributed by atoms with Crippen LogP contribution in [0.3, 0.4) is 0 Å². The summed E-state index contributed by atoms with van der Waals surface area (Å²) in [4.78, 5) is 24.6. The lowest BCUT2D eigenvalue weighted by Crippen LogP contribution is -2.30. The summed E-state index contributed by atoms with van der Waals surface area (Å²) < 4.78 is 41.1. The van der Waals surface area contributed by atoms with Gasteiger partial charge in [-0.25, -0.2) is 0 Å². The Bertz CT molecular complexity index is 1420. The van der Waals surface area contributed by atoms with Gasteiger partial charge in [-0.15, -0.1) is 13.2 Å². The van der Waals surface area contributed by atoms with Crippen LogP contribution in [0, 0.1) is 0 Å². The number of halogens is 3. The zero-order valence-electron chi connectivity index (χ0n) is 19.8. The number of phenolic OH excluding ortho intramolecular Hbond substituents is 1. The molecule has 0 spiro atoms. The van der Waals surface area contributed by atoms with E-state index in [2.05, 4.69) is 10.1 Å². The SMILES string of the molecule is O=C(O)CC(NC(=O)c1cc(-c2ccc(OC(F)(F)F)cc2)ccc1O)c1ccc(-c2ccccc2)cc1. The smallest absolute Gasteiger partial charge is 0.507 e. The molecule has 0 fully saturated rings. The van der Waals surface area contributed by atoms with Crippen molar-refractivity contribution < 1.29 is 37.7 Å². The fourth-order valence-corrected chi connectivity index (χ4v) is 3.95. The minimum absolute atomic E-state index is 0.116. The van der Waals surface area contributed by atoms with Crippen LogP contribution >= 0.6 is 0 Å². The van der Waals surface area contributed by atoms with E-state index in [0.29, 0.717) is 16.7 Å². The third-order valence-corrected chi connectivity index (χ3v) is 5.77. The minimum Gasteiger partial charge on any atom is -0.507 e. The highest BCUT2D eigenvalue weighted by Crippen LogP contribution is 2.30. The van der Waals surface area contributed by atoms with E-state index in [1.165, 1.54) is 30.3 Å². The summed E-state index contributed by atoms with van der Waals surface area (Å²) in [6, 6.07) is 25.0. The molecule has 6 nitrogen and oxygen atoms in total. The Labute approximate surface area is 215 Å². The number of carboxylic acid groups (broad SMARTS) is 1. The molecule has 1 unspecified atom stereocenters. The summed E-state index contributed by atoms with van der Waals surface area (Å²) in [5.74, 6) is -2.56. The fraction of sp³-hybridized carbons (Fsp3) is 0.103. The number of alkyl halides is 3. The third kappa shape index (κ3) is 6.70. The van der Waals surface area contributed by atoms with Gasteiger partial charge >= 0.3 is 12.3 Å². The highest BCUT2D eigenvalue weighted by atomic mass is 19.4. The molecule has 0 aliphatic heterocycles. The van der Waals surface area contributed by atoms with E-state index >= 15 is 0 Å². The normalized spacial score (nSPS) is 12.0. The predicted octanol–water partition coefficient (Wildman–Crippen LogP) is 6.57. The standard InChI is InChI=1S/C29H22F3NO5/c30-29(31,32)38-23-13-10-20(11-14-23)22-12-15-26(34)24(16-22)28(37)33-25(17-27(35)36)21-8-6-19(7-9-21)18-4-2-1-3-5-18/h1-16,25,34H,17H2,(H,33,37)(H,35,36). The number of benzene rings is 4. The maximum atomic E-state index is 13.1. The largest absolute Gasteiger partial charge is 0.573 e. The number of phenols is 1. The van der Waals surface area contributed by atoms with Gasteiger partial charge in [-0.3, -0.25) is 9.59 Å². The molecule has 0 aliphatic rings. The summed E-state index contributed by atoms with van der Waals surface area (Å²) in [5, 5.41) is 22.4. The number of amides is 1. The van der Waals surface area contributed by atoms with Gasteiger partial charge in [0.25, 0.3) is 5.91 Å². The number of hydrogen-bond donors (Lipinski definition) is 3. The van der Waals surface area contributed by atoms with Gasteiger partial charge in [0, 0.05) is 0 Å². The lowest BCUT2D eigenvalue weighted by atomic mass is 9.98. The zero-order valence-corrected chi connectivity index (χ0v) is 19.8. The molecule has 1 amide bonds. The van der Waals surface area contributed by atoms with Crippen molar-refractivity contribution in [1.29, 1.82) is 0 Å². The summed E-state index contributed by atoms with van der Waals surface area (Å²) in [5.41, 5.74) is 3.29. The lowest BCUT2D eigenvalue weighted by molar-refractivity contribution is -0.274. The van der Waals surface area contributed by atoms with Crippen molar-refractivity contribution in [3.8, 4) is 33.8 Å². The van der Waals surface area contributed by atoms with Crippen LogP contribution in [-0.4, -0.2) is 28.5 Å². The van der Waals surface area contributed by atoms with Gasteiger partial charge in [0.2, 0.25) is 0 Å². The molecule has 0 bridgehead atoms. The van der Waals surface area contributed by atoms with Gasteiger partial charge in [0.1, 0.15) is 11.5 Å². The van der Waals surface area contributed by atoms with Crippen molar-refractivity contribution in [3.63, 3.8) is 0 Å². The first-order valence-corrected chi connectivity index (χ1v) is 11.5. The number of carbonyl (C=O) groups excluding carboxylic acids is 1. The predicted molar refractivity (Wildman–Crippen MR) is 135 cm³/mol. The van der Waals surface area contributed by atoms with Gasteiger partial charge < -0.3 is 20.3 Å². The lowest BCUT2D eigenvalue weighted by Gasteiger charge is -2.19. The van der Waals surface area contributed by atoms with Crippen LogP contribution < -0.4 is 10.1 Å². The Morgan fingerprint density at radius 3 is 1.95 bits per heavy atom. The van der Waals surface area contributed by atoms with Crippen molar-refractivity contribution in [3.05, 3.63) is 108 Å². The molecule has 3 N–H and O–H groups in total. The van der Waals surface area contributed by atoms with Crippen LogP contribution in [-0.2, 0) is 4.79 Å². The van der Waals surface area contributed by atoms with Gasteiger partial charge in [0.05, 0.1) is 18.0 Å². The molecule has 0 saturated heterocycles. The van der Waals surface area contributed by atoms with E-state index in [1.54, 1.807) is 12.1 Å². The third-order valence-electron chi connectivity index (χ3n) is 5.77. The maximum Gasteiger partial charge on any atom is 0.573 e. The van der Waals surface area contributed by atoms with Crippen molar-refractivity contribution >= 4 is 11.9 Å². The molecule has 0 saturated carbocycles. The summed E-state index contributed by atoms with van der Waals surface area (Å²) in [6.45, 7) is 0. The maximum absolute atomic E-state index is 13.1. The first-order chi connectivity index (χ1) is 18.1. The topological polar surface area (TPSA) is 95.9 Å². The van der Waals surface area contributed by atoms with Crippen molar-refractivity contribution in [2.75, 3.05) is 0 Å². The molecular weight excluding hydrogens is 499 g/mol. The average Bonchev–Trinajstić information content (AvgIpc) is 2.88. The summed E-state index contributed by atoms with van der Waals surface area (Å²) >= 11 is 0. The molecular formula is C29H22F3NO5. The second kappa shape index (κ2) is 11.1. The minimum atomic E-state index is -4.82. The molecule has 1 atom stereocenters. The van der Waals surface area contributed by atoms with Crippen molar-refractivity contribution in [2.45, 2.75) is 18.8 Å². The highest BCUT2D eigenvalue weighted by Gasteiger charge is 2.31. The average molecular weight is 521 g/mol.